The molecule has 0 saturated heterocycles. The van der Waals surface area contributed by atoms with Gasteiger partial charge in [0, 0.05) is 35.9 Å². The summed E-state index contributed by atoms with van der Waals surface area (Å²) in [6.07, 6.45) is -0.220. The monoisotopic (exact) mass is 784 g/mol. The Morgan fingerprint density at radius 3 is 1.58 bits per heavy atom. The molecule has 0 bridgehead atoms. The predicted molar refractivity (Wildman–Crippen MR) is 195 cm³/mol. The zero-order valence-electron chi connectivity index (χ0n) is 28.9. The number of fused-ring (bicyclic) bond motifs is 2. The number of nitrogen functional groups attached to an aromatic ring is 1. The molecule has 4 N–H and O–H groups in total. The van der Waals surface area contributed by atoms with Crippen LogP contribution in [0.15, 0.2) is 134 Å². The van der Waals surface area contributed by atoms with Gasteiger partial charge in [-0.1, -0.05) is 48.5 Å². The molecular formula is C38H26F6N10O3. The number of hydrogen-bond acceptors (Lipinski definition) is 9. The van der Waals surface area contributed by atoms with Gasteiger partial charge < -0.3 is 16.2 Å². The average Bonchev–Trinajstić information content (AvgIpc) is 3.80. The molecule has 8 rings (SSSR count). The van der Waals surface area contributed by atoms with Crippen LogP contribution >= 0.6 is 0 Å². The first-order valence-corrected chi connectivity index (χ1v) is 16.3. The first kappa shape index (κ1) is 39.0. The fraction of sp³-hybridized carbons (Fsp3) is 0.0526. The molecule has 288 valence electrons. The fourth-order valence-corrected chi connectivity index (χ4v) is 5.22. The number of alkyl halides is 6. The maximum Gasteiger partial charge on any atom is 0.417 e. The smallest absolute Gasteiger partial charge is 0.417 e. The Labute approximate surface area is 317 Å². The highest BCUT2D eigenvalue weighted by molar-refractivity contribution is 6.04. The molecule has 0 atom stereocenters. The summed E-state index contributed by atoms with van der Waals surface area (Å²) in [5, 5.41) is 19.0. The number of aromatic carboxylic acids is 1. The number of carboxylic acid groups (broad SMARTS) is 1. The van der Waals surface area contributed by atoms with Crippen molar-refractivity contribution in [2.45, 2.75) is 12.4 Å². The molecule has 0 radical (unpaired) electrons. The molecule has 2 aromatic carbocycles. The van der Waals surface area contributed by atoms with Crippen molar-refractivity contribution < 1.29 is 41.0 Å². The van der Waals surface area contributed by atoms with Gasteiger partial charge >= 0.3 is 18.3 Å². The van der Waals surface area contributed by atoms with E-state index in [9.17, 15) is 35.9 Å². The van der Waals surface area contributed by atoms with Crippen LogP contribution in [0.2, 0.25) is 0 Å². The SMILES string of the molecule is Nc1cnn2ccc(-c3ccccc3C(F)(F)F)nc12.O=C(Nc1cnn2ccc(-c3ccccc3C(F)(F)F)nc12)c1ccccn1.O=C(O)c1ccccn1. The molecule has 6 aromatic heterocycles. The van der Waals surface area contributed by atoms with Gasteiger partial charge in [0.25, 0.3) is 5.91 Å². The number of anilines is 2. The number of hydrogen-bond donors (Lipinski definition) is 3. The molecule has 0 aliphatic heterocycles. The third-order valence-corrected chi connectivity index (χ3v) is 7.81. The van der Waals surface area contributed by atoms with E-state index >= 15 is 0 Å². The van der Waals surface area contributed by atoms with E-state index in [-0.39, 0.29) is 45.2 Å². The Kier molecular flexibility index (Phi) is 11.2. The topological polar surface area (TPSA) is 179 Å². The second-order valence-corrected chi connectivity index (χ2v) is 11.6. The van der Waals surface area contributed by atoms with Gasteiger partial charge in [-0.25, -0.2) is 28.8 Å². The number of nitrogens with two attached hydrogens (primary N) is 1. The molecule has 6 heterocycles. The normalized spacial score (nSPS) is 11.3. The Morgan fingerprint density at radius 1 is 0.614 bits per heavy atom. The lowest BCUT2D eigenvalue weighted by Gasteiger charge is -2.12. The highest BCUT2D eigenvalue weighted by atomic mass is 19.4. The second kappa shape index (κ2) is 16.3. The number of carboxylic acids is 1. The van der Waals surface area contributed by atoms with Gasteiger partial charge in [0.1, 0.15) is 17.1 Å². The van der Waals surface area contributed by atoms with Crippen molar-refractivity contribution in [3.8, 4) is 22.5 Å². The molecule has 8 aromatic rings. The number of rotatable bonds is 5. The third-order valence-electron chi connectivity index (χ3n) is 7.81. The predicted octanol–water partition coefficient (Wildman–Crippen LogP) is 7.84. The number of halogens is 6. The summed E-state index contributed by atoms with van der Waals surface area (Å²) in [7, 11) is 0. The summed E-state index contributed by atoms with van der Waals surface area (Å²) < 4.78 is 81.7. The molecule has 0 fully saturated rings. The minimum absolute atomic E-state index is 0.0168. The molecule has 0 aliphatic carbocycles. The van der Waals surface area contributed by atoms with Gasteiger partial charge in [-0.15, -0.1) is 0 Å². The maximum atomic E-state index is 13.3. The third kappa shape index (κ3) is 9.16. The Bertz CT molecular complexity index is 2670. The zero-order valence-corrected chi connectivity index (χ0v) is 28.9. The first-order valence-electron chi connectivity index (χ1n) is 16.3. The lowest BCUT2D eigenvalue weighted by Crippen LogP contribution is -2.13. The highest BCUT2D eigenvalue weighted by Gasteiger charge is 2.34. The number of benzene rings is 2. The number of aromatic nitrogens is 8. The van der Waals surface area contributed by atoms with Crippen LogP contribution in [-0.4, -0.2) is 56.1 Å². The van der Waals surface area contributed by atoms with Gasteiger partial charge in [0.15, 0.2) is 11.3 Å². The van der Waals surface area contributed by atoms with E-state index in [2.05, 4.69) is 35.5 Å². The number of nitrogens with zero attached hydrogens (tertiary/aromatic N) is 8. The van der Waals surface area contributed by atoms with Gasteiger partial charge in [0.2, 0.25) is 0 Å². The summed E-state index contributed by atoms with van der Waals surface area (Å²) in [5.74, 6) is -1.46. The van der Waals surface area contributed by atoms with Gasteiger partial charge in [0.05, 0.1) is 40.6 Å². The minimum Gasteiger partial charge on any atom is -0.477 e. The van der Waals surface area contributed by atoms with Gasteiger partial charge in [-0.3, -0.25) is 9.78 Å². The lowest BCUT2D eigenvalue weighted by molar-refractivity contribution is -0.137. The van der Waals surface area contributed by atoms with Crippen molar-refractivity contribution in [3.05, 3.63) is 157 Å². The van der Waals surface area contributed by atoms with Crippen molar-refractivity contribution in [3.63, 3.8) is 0 Å². The van der Waals surface area contributed by atoms with Crippen molar-refractivity contribution in [1.29, 1.82) is 0 Å². The van der Waals surface area contributed by atoms with Crippen LogP contribution in [0.1, 0.15) is 32.1 Å². The quantitative estimate of drug-likeness (QED) is 0.146. The van der Waals surface area contributed by atoms with Crippen LogP contribution in [0.3, 0.4) is 0 Å². The van der Waals surface area contributed by atoms with E-state index in [1.165, 1.54) is 101 Å². The van der Waals surface area contributed by atoms with Gasteiger partial charge in [-0.05, 0) is 48.5 Å². The van der Waals surface area contributed by atoms with Crippen LogP contribution in [0, 0.1) is 0 Å². The van der Waals surface area contributed by atoms with Crippen molar-refractivity contribution in [1.82, 2.24) is 39.2 Å². The Morgan fingerprint density at radius 2 is 1.09 bits per heavy atom. The van der Waals surface area contributed by atoms with Crippen molar-refractivity contribution >= 4 is 34.5 Å². The minimum atomic E-state index is -4.51. The summed E-state index contributed by atoms with van der Waals surface area (Å²) in [6, 6.07) is 23.0. The number of pyridine rings is 2. The van der Waals surface area contributed by atoms with Crippen LogP contribution in [-0.2, 0) is 12.4 Å². The summed E-state index contributed by atoms with van der Waals surface area (Å²) in [5.41, 5.74) is 5.86. The first-order chi connectivity index (χ1) is 27.2. The molecule has 0 spiro atoms. The second-order valence-electron chi connectivity index (χ2n) is 11.6. The molecule has 0 aliphatic rings. The summed E-state index contributed by atoms with van der Waals surface area (Å²) in [4.78, 5) is 38.4. The number of nitrogens with one attached hydrogen (secondary N) is 1. The summed E-state index contributed by atoms with van der Waals surface area (Å²) in [6.45, 7) is 0. The maximum absolute atomic E-state index is 13.3. The van der Waals surface area contributed by atoms with Crippen LogP contribution in [0.4, 0.5) is 37.7 Å². The fourth-order valence-electron chi connectivity index (χ4n) is 5.22. The summed E-state index contributed by atoms with van der Waals surface area (Å²) >= 11 is 0. The average molecular weight is 785 g/mol. The molecule has 0 saturated carbocycles. The number of amides is 1. The van der Waals surface area contributed by atoms with E-state index in [1.54, 1.807) is 30.3 Å². The molecule has 0 unspecified atom stereocenters. The Balaban J connectivity index is 0.000000164. The van der Waals surface area contributed by atoms with Crippen LogP contribution in [0.25, 0.3) is 33.8 Å². The largest absolute Gasteiger partial charge is 0.477 e. The van der Waals surface area contributed by atoms with Crippen LogP contribution < -0.4 is 11.1 Å². The molecule has 19 heteroatoms. The van der Waals surface area contributed by atoms with Crippen LogP contribution in [0.5, 0.6) is 0 Å². The highest BCUT2D eigenvalue weighted by Crippen LogP contribution is 2.37. The zero-order chi connectivity index (χ0) is 40.7. The number of carbonyl (C=O) groups excluding carboxylic acids is 1. The van der Waals surface area contributed by atoms with Gasteiger partial charge in [-0.2, -0.15) is 36.5 Å². The van der Waals surface area contributed by atoms with Crippen molar-refractivity contribution in [2.75, 3.05) is 11.1 Å². The van der Waals surface area contributed by atoms with E-state index in [1.807, 2.05) is 0 Å². The van der Waals surface area contributed by atoms with E-state index in [0.29, 0.717) is 11.3 Å². The molecule has 1 amide bonds. The molecule has 13 nitrogen and oxygen atoms in total. The van der Waals surface area contributed by atoms with Crippen molar-refractivity contribution in [2.24, 2.45) is 0 Å². The Hall–Kier alpha value is -7.70. The lowest BCUT2D eigenvalue weighted by atomic mass is 10.0. The van der Waals surface area contributed by atoms with E-state index in [0.717, 1.165) is 12.1 Å². The standard InChI is InChI=1S/C19H12F3N5O.C13H9F3N4.C6H5NO2/c20-19(21,22)13-6-2-1-5-12(13)14-8-10-27-17(25-14)16(11-24-27)26-18(28)15-7-3-4-9-23-15;14-13(15,16)9-4-2-1-3-8(9)11-5-6-20-12(19-11)10(17)7-18-20;8-6(9)5-3-1-2-4-7-5/h1-11H,(H,26,28);1-7H,17H2;1-4H,(H,8,9). The number of carbonyl (C=O) groups is 2. The van der Waals surface area contributed by atoms with E-state index < -0.39 is 35.4 Å². The molecular weight excluding hydrogens is 758 g/mol. The molecule has 57 heavy (non-hydrogen) atoms. The van der Waals surface area contributed by atoms with E-state index in [4.69, 9.17) is 10.8 Å².